The topological polar surface area (TPSA) is 60.2 Å². The molecule has 0 spiro atoms. The molecular weight excluding hydrogens is 520 g/mol. The van der Waals surface area contributed by atoms with Crippen LogP contribution in [0.5, 0.6) is 0 Å². The highest BCUT2D eigenvalue weighted by Gasteiger charge is 2.29. The second-order valence-electron chi connectivity index (χ2n) is 10.7. The minimum atomic E-state index is 0.474. The van der Waals surface area contributed by atoms with Crippen molar-refractivity contribution in [1.82, 2.24) is 14.5 Å². The summed E-state index contributed by atoms with van der Waals surface area (Å²) in [4.78, 5) is 12.2. The molecule has 1 aliphatic rings. The van der Waals surface area contributed by atoms with Crippen molar-refractivity contribution in [2.45, 2.75) is 0 Å². The van der Waals surface area contributed by atoms with E-state index in [9.17, 15) is 0 Å². The summed E-state index contributed by atoms with van der Waals surface area (Å²) in [6.07, 6.45) is 0. The van der Waals surface area contributed by atoms with Gasteiger partial charge in [0, 0.05) is 27.6 Å². The zero-order valence-corrected chi connectivity index (χ0v) is 22.2. The fourth-order valence-corrected chi connectivity index (χ4v) is 6.57. The Kier molecular flexibility index (Phi) is 4.10. The van der Waals surface area contributed by atoms with Crippen molar-refractivity contribution in [3.8, 4) is 17.3 Å². The number of benzene rings is 5. The van der Waals surface area contributed by atoms with Crippen LogP contribution in [0.3, 0.4) is 0 Å². The molecule has 6 heteroatoms. The Morgan fingerprint density at radius 2 is 1.26 bits per heavy atom. The third kappa shape index (κ3) is 2.82. The van der Waals surface area contributed by atoms with Crippen molar-refractivity contribution >= 4 is 72.0 Å². The molecule has 0 saturated heterocycles. The lowest BCUT2D eigenvalue weighted by atomic mass is 10.1. The minimum Gasteiger partial charge on any atom is -0.456 e. The number of pyridine rings is 1. The maximum atomic E-state index is 6.31. The van der Waals surface area contributed by atoms with Crippen LogP contribution in [0.4, 0.5) is 17.2 Å². The molecule has 0 amide bonds. The molecule has 42 heavy (non-hydrogen) atoms. The number of nitrogens with zero attached hydrogens (tertiary/aromatic N) is 4. The summed E-state index contributed by atoms with van der Waals surface area (Å²) >= 11 is 0. The van der Waals surface area contributed by atoms with E-state index < -0.39 is 0 Å². The summed E-state index contributed by atoms with van der Waals surface area (Å²) < 4.78 is 14.8. The lowest BCUT2D eigenvalue weighted by molar-refractivity contribution is 0.617. The highest BCUT2D eigenvalue weighted by molar-refractivity contribution is 6.16. The van der Waals surface area contributed by atoms with Gasteiger partial charge in [0.2, 0.25) is 5.89 Å². The number of anilines is 3. The molecule has 9 aromatic rings. The van der Waals surface area contributed by atoms with Crippen molar-refractivity contribution in [2.24, 2.45) is 0 Å². The summed E-state index contributed by atoms with van der Waals surface area (Å²) in [6, 6.07) is 41.6. The highest BCUT2D eigenvalue weighted by Crippen LogP contribution is 2.49. The van der Waals surface area contributed by atoms with Gasteiger partial charge in [-0.05, 0) is 48.5 Å². The number of aromatic nitrogens is 3. The Labute approximate surface area is 238 Å². The van der Waals surface area contributed by atoms with Gasteiger partial charge in [-0.2, -0.15) is 0 Å². The summed E-state index contributed by atoms with van der Waals surface area (Å²) in [7, 11) is 0. The Balaban J connectivity index is 1.17. The van der Waals surface area contributed by atoms with Crippen LogP contribution in [0.1, 0.15) is 0 Å². The van der Waals surface area contributed by atoms with Gasteiger partial charge < -0.3 is 13.4 Å². The predicted octanol–water partition coefficient (Wildman–Crippen LogP) is 9.67. The lowest BCUT2D eigenvalue weighted by Gasteiger charge is -2.32. The molecule has 0 bridgehead atoms. The molecular formula is C36H20N4O2. The van der Waals surface area contributed by atoms with Gasteiger partial charge in [-0.25, -0.2) is 9.97 Å². The first-order valence-corrected chi connectivity index (χ1v) is 13.9. The van der Waals surface area contributed by atoms with E-state index in [0.29, 0.717) is 17.2 Å². The number of para-hydroxylation sites is 5. The van der Waals surface area contributed by atoms with E-state index in [0.717, 1.165) is 50.3 Å². The number of hydrogen-bond acceptors (Lipinski definition) is 5. The van der Waals surface area contributed by atoms with Gasteiger partial charge in [0.1, 0.15) is 28.2 Å². The Morgan fingerprint density at radius 1 is 0.500 bits per heavy atom. The molecule has 5 aromatic carbocycles. The zero-order chi connectivity index (χ0) is 27.4. The van der Waals surface area contributed by atoms with Gasteiger partial charge >= 0.3 is 0 Å². The van der Waals surface area contributed by atoms with Crippen LogP contribution in [0, 0.1) is 0 Å². The van der Waals surface area contributed by atoms with Crippen molar-refractivity contribution in [3.63, 3.8) is 0 Å². The van der Waals surface area contributed by atoms with E-state index in [1.165, 1.54) is 21.8 Å². The van der Waals surface area contributed by atoms with E-state index >= 15 is 0 Å². The van der Waals surface area contributed by atoms with E-state index in [4.69, 9.17) is 18.8 Å². The first-order chi connectivity index (χ1) is 20.8. The van der Waals surface area contributed by atoms with Crippen LogP contribution in [0.2, 0.25) is 0 Å². The highest BCUT2D eigenvalue weighted by atomic mass is 16.4. The molecule has 6 nitrogen and oxygen atoms in total. The van der Waals surface area contributed by atoms with Crippen LogP contribution in [0.15, 0.2) is 130 Å². The molecule has 10 rings (SSSR count). The minimum absolute atomic E-state index is 0.474. The molecule has 0 atom stereocenters. The lowest BCUT2D eigenvalue weighted by Crippen LogP contribution is -2.19. The summed E-state index contributed by atoms with van der Waals surface area (Å²) in [6.45, 7) is 0. The molecule has 0 aliphatic carbocycles. The van der Waals surface area contributed by atoms with Crippen molar-refractivity contribution in [3.05, 3.63) is 121 Å². The molecule has 0 N–H and O–H groups in total. The largest absolute Gasteiger partial charge is 0.456 e. The van der Waals surface area contributed by atoms with Crippen LogP contribution in [-0.4, -0.2) is 14.5 Å². The fraction of sp³-hybridized carbons (Fsp3) is 0. The number of fused-ring (bicyclic) bond motifs is 9. The monoisotopic (exact) mass is 540 g/mol. The zero-order valence-electron chi connectivity index (χ0n) is 22.2. The van der Waals surface area contributed by atoms with Gasteiger partial charge in [0.05, 0.1) is 28.1 Å². The predicted molar refractivity (Wildman–Crippen MR) is 167 cm³/mol. The molecule has 5 heterocycles. The molecule has 1 aliphatic heterocycles. The quantitative estimate of drug-likeness (QED) is 0.218. The van der Waals surface area contributed by atoms with E-state index in [1.807, 2.05) is 48.5 Å². The first-order valence-electron chi connectivity index (χ1n) is 13.9. The average molecular weight is 541 g/mol. The van der Waals surface area contributed by atoms with Gasteiger partial charge in [-0.3, -0.25) is 4.90 Å². The van der Waals surface area contributed by atoms with Gasteiger partial charge in [-0.15, -0.1) is 0 Å². The van der Waals surface area contributed by atoms with Crippen molar-refractivity contribution in [1.29, 1.82) is 0 Å². The summed E-state index contributed by atoms with van der Waals surface area (Å²) in [5, 5.41) is 4.52. The summed E-state index contributed by atoms with van der Waals surface area (Å²) in [5.41, 5.74) is 9.37. The third-order valence-corrected chi connectivity index (χ3v) is 8.35. The molecule has 0 unspecified atom stereocenters. The number of oxazole rings is 1. The Bertz CT molecular complexity index is 2550. The van der Waals surface area contributed by atoms with Gasteiger partial charge in [-0.1, -0.05) is 66.7 Å². The Hall–Kier alpha value is -5.88. The normalized spacial score (nSPS) is 12.7. The molecule has 0 fully saturated rings. The van der Waals surface area contributed by atoms with Crippen LogP contribution < -0.4 is 4.90 Å². The van der Waals surface area contributed by atoms with E-state index in [2.05, 4.69) is 82.3 Å². The summed E-state index contributed by atoms with van der Waals surface area (Å²) in [5.74, 6) is 1.27. The third-order valence-electron chi connectivity index (χ3n) is 8.35. The number of hydrogen-bond donors (Lipinski definition) is 0. The SMILES string of the molecule is c1cc(-c2nc3cc4oc5ccccc5c4cc3o2)nc(N2c3ccccc3-n3c4ccccc4c4cccc2c43)c1. The molecule has 196 valence electrons. The van der Waals surface area contributed by atoms with Crippen molar-refractivity contribution < 1.29 is 8.83 Å². The second kappa shape index (κ2) is 7.86. The fourth-order valence-electron chi connectivity index (χ4n) is 6.57. The average Bonchev–Trinajstić information content (AvgIpc) is 3.72. The van der Waals surface area contributed by atoms with Crippen molar-refractivity contribution in [2.75, 3.05) is 4.90 Å². The maximum absolute atomic E-state index is 6.31. The molecule has 0 radical (unpaired) electrons. The standard InChI is InChI=1S/C36H20N4O2/c1-3-13-27-21(9-1)23-11-7-16-30-35(23)40(27)29-15-5-4-14-28(29)39(30)34-18-8-12-25(37-34)36-38-26-20-32-24(19-33(26)42-36)22-10-2-6-17-31(22)41-32/h1-20H. The number of rotatable bonds is 2. The van der Waals surface area contributed by atoms with Gasteiger partial charge in [0.15, 0.2) is 5.58 Å². The second-order valence-corrected chi connectivity index (χ2v) is 10.7. The molecule has 0 saturated carbocycles. The smallest absolute Gasteiger partial charge is 0.246 e. The van der Waals surface area contributed by atoms with Crippen LogP contribution in [-0.2, 0) is 0 Å². The van der Waals surface area contributed by atoms with E-state index in [-0.39, 0.29) is 0 Å². The maximum Gasteiger partial charge on any atom is 0.246 e. The van der Waals surface area contributed by atoms with Crippen LogP contribution >= 0.6 is 0 Å². The number of furan rings is 1. The van der Waals surface area contributed by atoms with Crippen LogP contribution in [0.25, 0.3) is 72.1 Å². The van der Waals surface area contributed by atoms with E-state index in [1.54, 1.807) is 0 Å². The Morgan fingerprint density at radius 3 is 2.21 bits per heavy atom. The van der Waals surface area contributed by atoms with Gasteiger partial charge in [0.25, 0.3) is 0 Å². The first kappa shape index (κ1) is 21.9. The molecule has 4 aromatic heterocycles.